The van der Waals surface area contributed by atoms with Gasteiger partial charge in [0.05, 0.1) is 22.6 Å². The molecule has 9 nitrogen and oxygen atoms in total. The van der Waals surface area contributed by atoms with Crippen molar-refractivity contribution in [2.24, 2.45) is 5.92 Å². The highest BCUT2D eigenvalue weighted by Gasteiger charge is 2.52. The number of ether oxygens (including phenoxy) is 2. The van der Waals surface area contributed by atoms with Crippen molar-refractivity contribution in [3.63, 3.8) is 0 Å². The van der Waals surface area contributed by atoms with E-state index in [1.54, 1.807) is 38.6 Å². The molecule has 1 aromatic carbocycles. The van der Waals surface area contributed by atoms with Gasteiger partial charge < -0.3 is 24.3 Å². The second kappa shape index (κ2) is 9.67. The summed E-state index contributed by atoms with van der Waals surface area (Å²) in [5.74, 6) is -3.78. The van der Waals surface area contributed by atoms with Crippen LogP contribution in [0, 0.1) is 11.7 Å². The van der Waals surface area contributed by atoms with Gasteiger partial charge in [0.2, 0.25) is 11.2 Å². The molecule has 2 aliphatic rings. The number of halogens is 2. The van der Waals surface area contributed by atoms with Crippen LogP contribution in [0.3, 0.4) is 0 Å². The Morgan fingerprint density at radius 1 is 1.28 bits per heavy atom. The Labute approximate surface area is 212 Å². The lowest BCUT2D eigenvalue weighted by Crippen LogP contribution is -2.61. The van der Waals surface area contributed by atoms with Crippen LogP contribution < -0.4 is 15.5 Å². The molecule has 1 fully saturated rings. The number of likely N-dealkylation sites (N-methyl/N-ethyl adjacent to an activating group) is 1. The molecule has 0 saturated heterocycles. The number of methoxy groups -OCH3 is 1. The number of esters is 1. The lowest BCUT2D eigenvalue weighted by Gasteiger charge is -2.53. The quantitative estimate of drug-likeness (QED) is 0.588. The predicted octanol–water partition coefficient (Wildman–Crippen LogP) is 2.72. The highest BCUT2D eigenvalue weighted by molar-refractivity contribution is 6.30. The van der Waals surface area contributed by atoms with Gasteiger partial charge in [-0.2, -0.15) is 0 Å². The van der Waals surface area contributed by atoms with Crippen molar-refractivity contribution in [1.29, 1.82) is 0 Å². The summed E-state index contributed by atoms with van der Waals surface area (Å²) < 4.78 is 26.7. The van der Waals surface area contributed by atoms with E-state index in [1.165, 1.54) is 23.2 Å². The van der Waals surface area contributed by atoms with Crippen LogP contribution in [0.25, 0.3) is 0 Å². The zero-order chi connectivity index (χ0) is 26.4. The number of rotatable bonds is 6. The standard InChI is InChI=1S/C25H27ClFN3O6/c1-13(2)24(34)36-21-19-23(33)29(3)12-25(8-15(9-25)35-4)30(19)11-16(20(21)31)22(32)28-10-14-6-5-7-17(26)18(14)27/h5-7,11,13,15H,8-10,12H2,1-4H3,(H,28,32)/t15-,25-. The molecule has 1 N–H and O–H groups in total. The third kappa shape index (κ3) is 4.39. The summed E-state index contributed by atoms with van der Waals surface area (Å²) in [5, 5.41) is 2.43. The monoisotopic (exact) mass is 519 g/mol. The Morgan fingerprint density at radius 3 is 2.61 bits per heavy atom. The van der Waals surface area contributed by atoms with Gasteiger partial charge in [-0.1, -0.05) is 37.6 Å². The van der Waals surface area contributed by atoms with Crippen molar-refractivity contribution in [3.05, 3.63) is 62.3 Å². The molecule has 1 aliphatic heterocycles. The van der Waals surface area contributed by atoms with Crippen LogP contribution in [0.15, 0.2) is 29.2 Å². The van der Waals surface area contributed by atoms with Gasteiger partial charge in [-0.25, -0.2) is 4.39 Å². The maximum Gasteiger partial charge on any atom is 0.313 e. The molecule has 2 aromatic rings. The van der Waals surface area contributed by atoms with E-state index < -0.39 is 46.2 Å². The van der Waals surface area contributed by atoms with Crippen LogP contribution >= 0.6 is 11.6 Å². The summed E-state index contributed by atoms with van der Waals surface area (Å²) in [5.41, 5.74) is -1.82. The number of pyridine rings is 1. The van der Waals surface area contributed by atoms with Gasteiger partial charge in [-0.15, -0.1) is 0 Å². The number of hydrogen-bond acceptors (Lipinski definition) is 6. The van der Waals surface area contributed by atoms with Crippen LogP contribution in [0.2, 0.25) is 5.02 Å². The van der Waals surface area contributed by atoms with E-state index in [0.29, 0.717) is 19.4 Å². The maximum atomic E-state index is 14.3. The normalized spacial score (nSPS) is 20.8. The number of benzene rings is 1. The third-order valence-electron chi connectivity index (χ3n) is 6.70. The molecule has 1 aromatic heterocycles. The molecule has 2 amide bonds. The summed E-state index contributed by atoms with van der Waals surface area (Å²) in [6, 6.07) is 4.38. The number of amides is 2. The number of hydrogen-bond donors (Lipinski definition) is 1. The van der Waals surface area contributed by atoms with Crippen molar-refractivity contribution >= 4 is 29.4 Å². The molecule has 1 saturated carbocycles. The molecule has 36 heavy (non-hydrogen) atoms. The molecule has 0 radical (unpaired) electrons. The van der Waals surface area contributed by atoms with Crippen molar-refractivity contribution < 1.29 is 28.2 Å². The maximum absolute atomic E-state index is 14.3. The van der Waals surface area contributed by atoms with Crippen LogP contribution in [-0.2, 0) is 21.6 Å². The first kappa shape index (κ1) is 25.8. The Bertz CT molecular complexity index is 1300. The van der Waals surface area contributed by atoms with Crippen LogP contribution in [-0.4, -0.2) is 54.1 Å². The minimum Gasteiger partial charge on any atom is -0.420 e. The SMILES string of the molecule is CO[C@H]1C[C@@]2(CN(C)C(=O)c3c(OC(=O)C(C)C)c(=O)c(C(=O)NCc4cccc(Cl)c4F)cn32)C1. The van der Waals surface area contributed by atoms with Gasteiger partial charge >= 0.3 is 5.97 Å². The van der Waals surface area contributed by atoms with E-state index in [0.717, 1.165) is 0 Å². The fraction of sp³-hybridized carbons (Fsp3) is 0.440. The summed E-state index contributed by atoms with van der Waals surface area (Å²) in [6.45, 7) is 3.28. The van der Waals surface area contributed by atoms with Crippen LogP contribution in [0.5, 0.6) is 5.75 Å². The number of aromatic nitrogens is 1. The molecule has 0 atom stereocenters. The number of fused-ring (bicyclic) bond motifs is 2. The first-order chi connectivity index (χ1) is 17.0. The Hall–Kier alpha value is -3.24. The third-order valence-corrected chi connectivity index (χ3v) is 6.99. The Kier molecular flexibility index (Phi) is 6.94. The highest BCUT2D eigenvalue weighted by atomic mass is 35.5. The van der Waals surface area contributed by atoms with Crippen LogP contribution in [0.1, 0.15) is 53.1 Å². The van der Waals surface area contributed by atoms with E-state index in [2.05, 4.69) is 5.32 Å². The average Bonchev–Trinajstić information content (AvgIpc) is 2.81. The molecule has 0 unspecified atom stereocenters. The minimum atomic E-state index is -0.902. The van der Waals surface area contributed by atoms with Gasteiger partial charge in [0.15, 0.2) is 5.69 Å². The van der Waals surface area contributed by atoms with E-state index in [4.69, 9.17) is 21.1 Å². The van der Waals surface area contributed by atoms with Gasteiger partial charge in [-0.3, -0.25) is 19.2 Å². The first-order valence-electron chi connectivity index (χ1n) is 11.5. The number of nitrogens with one attached hydrogen (secondary N) is 1. The molecule has 1 aliphatic carbocycles. The van der Waals surface area contributed by atoms with Crippen molar-refractivity contribution in [2.75, 3.05) is 20.7 Å². The minimum absolute atomic E-state index is 0.0661. The summed E-state index contributed by atoms with van der Waals surface area (Å²) >= 11 is 5.81. The van der Waals surface area contributed by atoms with Crippen molar-refractivity contribution in [2.45, 2.75) is 44.9 Å². The molecular weight excluding hydrogens is 493 g/mol. The van der Waals surface area contributed by atoms with Gasteiger partial charge in [0.25, 0.3) is 11.8 Å². The molecule has 1 spiro atoms. The molecule has 4 rings (SSSR count). The van der Waals surface area contributed by atoms with Gasteiger partial charge in [-0.05, 0) is 18.9 Å². The lowest BCUT2D eigenvalue weighted by atomic mass is 9.72. The number of carbonyl (C=O) groups is 3. The van der Waals surface area contributed by atoms with Gasteiger partial charge in [0, 0.05) is 39.0 Å². The Balaban J connectivity index is 1.80. The lowest BCUT2D eigenvalue weighted by molar-refractivity contribution is -0.138. The smallest absolute Gasteiger partial charge is 0.313 e. The van der Waals surface area contributed by atoms with E-state index in [1.807, 2.05) is 0 Å². The van der Waals surface area contributed by atoms with E-state index >= 15 is 0 Å². The predicted molar refractivity (Wildman–Crippen MR) is 129 cm³/mol. The van der Waals surface area contributed by atoms with Crippen molar-refractivity contribution in [1.82, 2.24) is 14.8 Å². The van der Waals surface area contributed by atoms with E-state index in [-0.39, 0.29) is 34.5 Å². The highest BCUT2D eigenvalue weighted by Crippen LogP contribution is 2.45. The summed E-state index contributed by atoms with van der Waals surface area (Å²) in [4.78, 5) is 53.7. The van der Waals surface area contributed by atoms with Crippen LogP contribution in [0.4, 0.5) is 4.39 Å². The zero-order valence-corrected chi connectivity index (χ0v) is 21.1. The topological polar surface area (TPSA) is 107 Å². The summed E-state index contributed by atoms with van der Waals surface area (Å²) in [7, 11) is 3.19. The Morgan fingerprint density at radius 2 is 1.97 bits per heavy atom. The largest absolute Gasteiger partial charge is 0.420 e. The van der Waals surface area contributed by atoms with Gasteiger partial charge in [0.1, 0.15) is 11.4 Å². The first-order valence-corrected chi connectivity index (χ1v) is 11.9. The zero-order valence-electron chi connectivity index (χ0n) is 20.4. The number of carbonyl (C=O) groups excluding carboxylic acids is 3. The summed E-state index contributed by atoms with van der Waals surface area (Å²) in [6.07, 6.45) is 2.32. The second-order valence-corrected chi connectivity index (χ2v) is 9.95. The molecule has 2 heterocycles. The fourth-order valence-corrected chi connectivity index (χ4v) is 4.84. The molecular formula is C25H27ClFN3O6. The number of nitrogens with zero attached hydrogens (tertiary/aromatic N) is 2. The van der Waals surface area contributed by atoms with E-state index in [9.17, 15) is 23.6 Å². The fourth-order valence-electron chi connectivity index (χ4n) is 4.65. The average molecular weight is 520 g/mol. The molecule has 11 heteroatoms. The molecule has 0 bridgehead atoms. The second-order valence-electron chi connectivity index (χ2n) is 9.54. The van der Waals surface area contributed by atoms with Crippen molar-refractivity contribution in [3.8, 4) is 5.75 Å². The molecule has 192 valence electrons.